The topological polar surface area (TPSA) is 49.5 Å². The summed E-state index contributed by atoms with van der Waals surface area (Å²) in [6, 6.07) is 7.77. The Kier molecular flexibility index (Phi) is 2.10. The number of β-amino-alcohol motifs (C(OH)–C–C–N with tert-alkyl or cyclic N) is 1. The molecule has 1 unspecified atom stereocenters. The van der Waals surface area contributed by atoms with Gasteiger partial charge in [-0.15, -0.1) is 0 Å². The van der Waals surface area contributed by atoms with Crippen LogP contribution in [-0.4, -0.2) is 24.3 Å². The van der Waals surface area contributed by atoms with E-state index in [4.69, 9.17) is 5.73 Å². The number of rotatable bonds is 1. The second kappa shape index (κ2) is 3.26. The minimum atomic E-state index is -0.195. The molecule has 2 rings (SSSR count). The van der Waals surface area contributed by atoms with Crippen LogP contribution in [0.5, 0.6) is 0 Å². The maximum atomic E-state index is 9.37. The zero-order valence-corrected chi connectivity index (χ0v) is 7.48. The van der Waals surface area contributed by atoms with Crippen molar-refractivity contribution in [3.63, 3.8) is 0 Å². The third-order valence-corrected chi connectivity index (χ3v) is 2.44. The third kappa shape index (κ3) is 1.60. The van der Waals surface area contributed by atoms with Gasteiger partial charge in [0, 0.05) is 13.1 Å². The number of aliphatic hydroxyl groups excluding tert-OH is 1. The van der Waals surface area contributed by atoms with Crippen LogP contribution in [0.2, 0.25) is 0 Å². The molecule has 0 aromatic heterocycles. The molecule has 1 heterocycles. The molecule has 13 heavy (non-hydrogen) atoms. The number of hydrogen-bond donors (Lipinski definition) is 2. The van der Waals surface area contributed by atoms with Crippen LogP contribution in [-0.2, 0) is 0 Å². The summed E-state index contributed by atoms with van der Waals surface area (Å²) in [5.41, 5.74) is 7.65. The van der Waals surface area contributed by atoms with Gasteiger partial charge in [-0.3, -0.25) is 0 Å². The van der Waals surface area contributed by atoms with Gasteiger partial charge in [0.15, 0.2) is 0 Å². The number of aliphatic hydroxyl groups is 1. The van der Waals surface area contributed by atoms with E-state index in [1.165, 1.54) is 0 Å². The molecule has 0 radical (unpaired) electrons. The van der Waals surface area contributed by atoms with Crippen molar-refractivity contribution >= 4 is 11.4 Å². The van der Waals surface area contributed by atoms with Crippen molar-refractivity contribution in [2.45, 2.75) is 12.5 Å². The van der Waals surface area contributed by atoms with E-state index in [-0.39, 0.29) is 6.10 Å². The average molecular weight is 178 g/mol. The highest BCUT2D eigenvalue weighted by molar-refractivity contribution is 5.67. The summed E-state index contributed by atoms with van der Waals surface area (Å²) in [6.07, 6.45) is 0.647. The first kappa shape index (κ1) is 8.38. The van der Waals surface area contributed by atoms with Crippen molar-refractivity contribution in [1.82, 2.24) is 0 Å². The number of benzene rings is 1. The largest absolute Gasteiger partial charge is 0.397 e. The Bertz CT molecular complexity index is 301. The van der Waals surface area contributed by atoms with Gasteiger partial charge in [-0.1, -0.05) is 12.1 Å². The van der Waals surface area contributed by atoms with Gasteiger partial charge in [-0.25, -0.2) is 0 Å². The van der Waals surface area contributed by atoms with Crippen molar-refractivity contribution in [2.75, 3.05) is 23.7 Å². The van der Waals surface area contributed by atoms with Gasteiger partial charge >= 0.3 is 0 Å². The number of para-hydroxylation sites is 2. The predicted molar refractivity (Wildman–Crippen MR) is 53.7 cm³/mol. The summed E-state index contributed by atoms with van der Waals surface area (Å²) in [6.45, 7) is 1.60. The molecule has 0 spiro atoms. The number of nitrogens with two attached hydrogens (primary N) is 1. The molecule has 1 saturated heterocycles. The lowest BCUT2D eigenvalue weighted by Gasteiger charge is -2.19. The van der Waals surface area contributed by atoms with E-state index >= 15 is 0 Å². The van der Waals surface area contributed by atoms with E-state index in [9.17, 15) is 5.11 Å². The maximum absolute atomic E-state index is 9.37. The Morgan fingerprint density at radius 2 is 2.15 bits per heavy atom. The van der Waals surface area contributed by atoms with E-state index in [0.717, 1.165) is 24.3 Å². The molecule has 1 aromatic rings. The minimum absolute atomic E-state index is 0.195. The van der Waals surface area contributed by atoms with E-state index in [2.05, 4.69) is 4.90 Å². The minimum Gasteiger partial charge on any atom is -0.397 e. The molecule has 1 aliphatic rings. The molecule has 0 amide bonds. The Hall–Kier alpha value is -1.22. The first-order valence-corrected chi connectivity index (χ1v) is 4.55. The van der Waals surface area contributed by atoms with E-state index in [1.54, 1.807) is 0 Å². The van der Waals surface area contributed by atoms with Crippen LogP contribution in [0, 0.1) is 0 Å². The molecule has 3 N–H and O–H groups in total. The molecule has 1 aliphatic heterocycles. The van der Waals surface area contributed by atoms with Crippen LogP contribution in [0.25, 0.3) is 0 Å². The highest BCUT2D eigenvalue weighted by Crippen LogP contribution is 2.25. The maximum Gasteiger partial charge on any atom is 0.0731 e. The lowest BCUT2D eigenvalue weighted by atomic mass is 10.2. The molecule has 70 valence electrons. The summed E-state index contributed by atoms with van der Waals surface area (Å²) in [7, 11) is 0. The summed E-state index contributed by atoms with van der Waals surface area (Å²) >= 11 is 0. The molecule has 1 atom stereocenters. The van der Waals surface area contributed by atoms with Crippen molar-refractivity contribution in [2.24, 2.45) is 0 Å². The summed E-state index contributed by atoms with van der Waals surface area (Å²) in [4.78, 5) is 2.12. The summed E-state index contributed by atoms with van der Waals surface area (Å²) in [5.74, 6) is 0. The molecule has 1 aromatic carbocycles. The molecule has 0 bridgehead atoms. The van der Waals surface area contributed by atoms with Crippen LogP contribution in [0.4, 0.5) is 11.4 Å². The fourth-order valence-electron chi connectivity index (χ4n) is 1.74. The van der Waals surface area contributed by atoms with Crippen molar-refractivity contribution in [3.05, 3.63) is 24.3 Å². The van der Waals surface area contributed by atoms with Gasteiger partial charge in [0.1, 0.15) is 0 Å². The molecule has 0 aliphatic carbocycles. The molecular formula is C10H14N2O. The number of nitrogens with zero attached hydrogens (tertiary/aromatic N) is 1. The summed E-state index contributed by atoms with van der Waals surface area (Å²) in [5, 5.41) is 9.37. The molecule has 3 heteroatoms. The first-order valence-electron chi connectivity index (χ1n) is 4.55. The Morgan fingerprint density at radius 3 is 2.77 bits per heavy atom. The number of nitrogen functional groups attached to an aromatic ring is 1. The Morgan fingerprint density at radius 1 is 1.38 bits per heavy atom. The zero-order chi connectivity index (χ0) is 9.26. The lowest BCUT2D eigenvalue weighted by molar-refractivity contribution is 0.198. The van der Waals surface area contributed by atoms with Crippen LogP contribution < -0.4 is 10.6 Å². The van der Waals surface area contributed by atoms with Gasteiger partial charge in [0.25, 0.3) is 0 Å². The van der Waals surface area contributed by atoms with Crippen LogP contribution in [0.15, 0.2) is 24.3 Å². The normalized spacial score (nSPS) is 22.2. The van der Waals surface area contributed by atoms with Gasteiger partial charge in [-0.05, 0) is 18.6 Å². The fraction of sp³-hybridized carbons (Fsp3) is 0.400. The first-order chi connectivity index (χ1) is 6.27. The standard InChI is InChI=1S/C10H14N2O/c11-9-3-1-2-4-10(9)12-6-5-8(13)7-12/h1-4,8,13H,5-7,11H2. The van der Waals surface area contributed by atoms with Gasteiger partial charge < -0.3 is 15.7 Å². The van der Waals surface area contributed by atoms with Gasteiger partial charge in [-0.2, -0.15) is 0 Å². The second-order valence-electron chi connectivity index (χ2n) is 3.45. The highest BCUT2D eigenvalue weighted by Gasteiger charge is 2.21. The SMILES string of the molecule is Nc1ccccc1N1CCC(O)C1. The van der Waals surface area contributed by atoms with Crippen molar-refractivity contribution in [3.8, 4) is 0 Å². The van der Waals surface area contributed by atoms with E-state index < -0.39 is 0 Å². The number of anilines is 2. The predicted octanol–water partition coefficient (Wildman–Crippen LogP) is 0.840. The summed E-state index contributed by atoms with van der Waals surface area (Å²) < 4.78 is 0. The zero-order valence-electron chi connectivity index (χ0n) is 7.48. The Balaban J connectivity index is 2.21. The second-order valence-corrected chi connectivity index (χ2v) is 3.45. The average Bonchev–Trinajstić information content (AvgIpc) is 2.53. The quantitative estimate of drug-likeness (QED) is 0.626. The van der Waals surface area contributed by atoms with Crippen molar-refractivity contribution in [1.29, 1.82) is 0 Å². The molecule has 1 fully saturated rings. The lowest BCUT2D eigenvalue weighted by Crippen LogP contribution is -2.21. The third-order valence-electron chi connectivity index (χ3n) is 2.44. The molecular weight excluding hydrogens is 164 g/mol. The fourth-order valence-corrected chi connectivity index (χ4v) is 1.74. The smallest absolute Gasteiger partial charge is 0.0731 e. The van der Waals surface area contributed by atoms with Crippen molar-refractivity contribution < 1.29 is 5.11 Å². The van der Waals surface area contributed by atoms with Gasteiger partial charge in [0.2, 0.25) is 0 Å². The molecule has 3 nitrogen and oxygen atoms in total. The van der Waals surface area contributed by atoms with E-state index in [0.29, 0.717) is 6.54 Å². The van der Waals surface area contributed by atoms with Gasteiger partial charge in [0.05, 0.1) is 17.5 Å². The van der Waals surface area contributed by atoms with Crippen LogP contribution >= 0.6 is 0 Å². The highest BCUT2D eigenvalue weighted by atomic mass is 16.3. The van der Waals surface area contributed by atoms with Crippen LogP contribution in [0.3, 0.4) is 0 Å². The van der Waals surface area contributed by atoms with Crippen LogP contribution in [0.1, 0.15) is 6.42 Å². The monoisotopic (exact) mass is 178 g/mol. The number of hydrogen-bond acceptors (Lipinski definition) is 3. The van der Waals surface area contributed by atoms with E-state index in [1.807, 2.05) is 24.3 Å². The molecule has 0 saturated carbocycles. The Labute approximate surface area is 77.8 Å².